The van der Waals surface area contributed by atoms with Crippen molar-refractivity contribution in [2.24, 2.45) is 5.10 Å². The number of hydrogen-bond donors (Lipinski definition) is 1. The number of nitrogens with zero attached hydrogens (tertiary/aromatic N) is 1. The van der Waals surface area contributed by atoms with Gasteiger partial charge in [0.15, 0.2) is 11.5 Å². The maximum atomic E-state index is 5.71. The third kappa shape index (κ3) is 2.13. The molecule has 0 aliphatic carbocycles. The van der Waals surface area contributed by atoms with Crippen LogP contribution in [0.25, 0.3) is 0 Å². The highest BCUT2D eigenvalue weighted by atomic mass is 35.6. The predicted molar refractivity (Wildman–Crippen MR) is 67.4 cm³/mol. The summed E-state index contributed by atoms with van der Waals surface area (Å²) in [7, 11) is 0. The van der Waals surface area contributed by atoms with E-state index in [9.17, 15) is 0 Å². The fraction of sp³-hybridized carbons (Fsp3) is 0.300. The lowest BCUT2D eigenvalue weighted by molar-refractivity contribution is 0.174. The van der Waals surface area contributed by atoms with Gasteiger partial charge in [0.1, 0.15) is 0 Å². The first-order chi connectivity index (χ1) is 8.54. The molecule has 0 amide bonds. The number of benzene rings is 1. The van der Waals surface area contributed by atoms with Crippen molar-refractivity contribution in [3.05, 3.63) is 23.8 Å². The molecule has 0 spiro atoms. The molecule has 2 heterocycles. The third-order valence-electron chi connectivity index (χ3n) is 2.43. The number of hydrogen-bond acceptors (Lipinski definition) is 5. The topological polar surface area (TPSA) is 52.1 Å². The molecule has 0 aromatic heterocycles. The van der Waals surface area contributed by atoms with E-state index >= 15 is 0 Å². The molecule has 2 aliphatic rings. The second kappa shape index (κ2) is 4.26. The van der Waals surface area contributed by atoms with Gasteiger partial charge in [-0.15, -0.1) is 5.10 Å². The van der Waals surface area contributed by atoms with Crippen molar-refractivity contribution in [3.8, 4) is 11.5 Å². The maximum absolute atomic E-state index is 5.71. The lowest BCUT2D eigenvalue weighted by Gasteiger charge is -2.18. The van der Waals surface area contributed by atoms with Crippen LogP contribution in [0, 0.1) is 0 Å². The van der Waals surface area contributed by atoms with Gasteiger partial charge in [0, 0.05) is 5.56 Å². The van der Waals surface area contributed by atoms with E-state index in [2.05, 4.69) is 10.5 Å². The first kappa shape index (κ1) is 12.0. The Morgan fingerprint density at radius 1 is 1.22 bits per heavy atom. The molecule has 0 bridgehead atoms. The van der Waals surface area contributed by atoms with Crippen molar-refractivity contribution in [3.63, 3.8) is 0 Å². The first-order valence-corrected chi connectivity index (χ1v) is 6.14. The van der Waals surface area contributed by atoms with Gasteiger partial charge in [-0.3, -0.25) is 5.43 Å². The molecule has 1 N–H and O–H groups in total. The number of hydrazone groups is 1. The van der Waals surface area contributed by atoms with Crippen molar-refractivity contribution in [2.45, 2.75) is 10.0 Å². The molecular formula is C10H7Cl3N2O3. The molecule has 18 heavy (non-hydrogen) atoms. The second-order valence-corrected chi connectivity index (χ2v) is 6.02. The molecule has 1 aromatic rings. The SMILES string of the molecule is ClC(Cl)(Cl)C1NN=C(c2ccc3c(c2)OCO3)O1. The maximum Gasteiger partial charge on any atom is 0.247 e. The Morgan fingerprint density at radius 2 is 2.00 bits per heavy atom. The Kier molecular flexibility index (Phi) is 2.84. The van der Waals surface area contributed by atoms with E-state index in [1.165, 1.54) is 0 Å². The van der Waals surface area contributed by atoms with Gasteiger partial charge in [0.05, 0.1) is 0 Å². The van der Waals surface area contributed by atoms with Gasteiger partial charge in [-0.1, -0.05) is 34.8 Å². The normalized spacial score (nSPS) is 21.3. The van der Waals surface area contributed by atoms with E-state index in [0.29, 0.717) is 23.0 Å². The standard InChI is InChI=1S/C10H7Cl3N2O3/c11-10(12,13)9-15-14-8(18-9)5-1-2-6-7(3-5)17-4-16-6/h1-3,9,15H,4H2. The summed E-state index contributed by atoms with van der Waals surface area (Å²) in [5.74, 6) is 1.66. The van der Waals surface area contributed by atoms with Crippen LogP contribution in [-0.4, -0.2) is 22.7 Å². The lowest BCUT2D eigenvalue weighted by atomic mass is 10.2. The molecular weight excluding hydrogens is 302 g/mol. The molecule has 1 atom stereocenters. The highest BCUT2D eigenvalue weighted by Gasteiger charge is 2.39. The van der Waals surface area contributed by atoms with Gasteiger partial charge in [0.25, 0.3) is 0 Å². The van der Waals surface area contributed by atoms with E-state index in [1.54, 1.807) is 18.2 Å². The molecule has 96 valence electrons. The molecule has 0 saturated heterocycles. The van der Waals surface area contributed by atoms with Crippen LogP contribution in [0.4, 0.5) is 0 Å². The molecule has 5 nitrogen and oxygen atoms in total. The van der Waals surface area contributed by atoms with Gasteiger partial charge < -0.3 is 14.2 Å². The highest BCUT2D eigenvalue weighted by molar-refractivity contribution is 6.68. The highest BCUT2D eigenvalue weighted by Crippen LogP contribution is 2.35. The summed E-state index contributed by atoms with van der Waals surface area (Å²) in [6, 6.07) is 5.31. The molecule has 8 heteroatoms. The number of alkyl halides is 3. The Morgan fingerprint density at radius 3 is 2.72 bits per heavy atom. The zero-order valence-corrected chi connectivity index (χ0v) is 11.1. The van der Waals surface area contributed by atoms with Gasteiger partial charge in [-0.05, 0) is 18.2 Å². The van der Waals surface area contributed by atoms with Crippen LogP contribution >= 0.6 is 34.8 Å². The summed E-state index contributed by atoms with van der Waals surface area (Å²) in [6.45, 7) is 0.209. The van der Waals surface area contributed by atoms with Crippen molar-refractivity contribution in [2.75, 3.05) is 6.79 Å². The zero-order chi connectivity index (χ0) is 12.8. The summed E-state index contributed by atoms with van der Waals surface area (Å²) in [5.41, 5.74) is 3.32. The Labute approximate surface area is 118 Å². The Bertz CT molecular complexity index is 516. The lowest BCUT2D eigenvalue weighted by Crippen LogP contribution is -2.35. The van der Waals surface area contributed by atoms with Crippen LogP contribution in [-0.2, 0) is 4.74 Å². The average molecular weight is 310 g/mol. The van der Waals surface area contributed by atoms with Crippen molar-refractivity contribution >= 4 is 40.7 Å². The summed E-state index contributed by atoms with van der Waals surface area (Å²) in [5, 5.41) is 3.97. The number of halogens is 3. The first-order valence-electron chi connectivity index (χ1n) is 5.00. The molecule has 0 radical (unpaired) electrons. The van der Waals surface area contributed by atoms with Gasteiger partial charge >= 0.3 is 0 Å². The molecule has 0 fully saturated rings. The number of nitrogens with one attached hydrogen (secondary N) is 1. The molecule has 1 aromatic carbocycles. The van der Waals surface area contributed by atoms with Crippen LogP contribution < -0.4 is 14.9 Å². The van der Waals surface area contributed by atoms with Crippen LogP contribution in [0.2, 0.25) is 0 Å². The van der Waals surface area contributed by atoms with Crippen molar-refractivity contribution in [1.29, 1.82) is 0 Å². The Hall–Kier alpha value is -1.04. The fourth-order valence-corrected chi connectivity index (χ4v) is 1.86. The predicted octanol–water partition coefficient (Wildman–Crippen LogP) is 2.39. The van der Waals surface area contributed by atoms with E-state index in [-0.39, 0.29) is 6.79 Å². The minimum absolute atomic E-state index is 0.209. The van der Waals surface area contributed by atoms with E-state index in [1.807, 2.05) is 0 Å². The van der Waals surface area contributed by atoms with Crippen LogP contribution in [0.5, 0.6) is 11.5 Å². The van der Waals surface area contributed by atoms with Crippen LogP contribution in [0.15, 0.2) is 23.3 Å². The summed E-state index contributed by atoms with van der Waals surface area (Å²) < 4.78 is 14.3. The van der Waals surface area contributed by atoms with Gasteiger partial charge in [-0.2, -0.15) is 0 Å². The van der Waals surface area contributed by atoms with Crippen LogP contribution in [0.3, 0.4) is 0 Å². The largest absolute Gasteiger partial charge is 0.454 e. The van der Waals surface area contributed by atoms with Gasteiger partial charge in [0.2, 0.25) is 22.7 Å². The molecule has 0 saturated carbocycles. The monoisotopic (exact) mass is 308 g/mol. The Balaban J connectivity index is 1.81. The van der Waals surface area contributed by atoms with Gasteiger partial charge in [-0.25, -0.2) is 0 Å². The minimum Gasteiger partial charge on any atom is -0.454 e. The average Bonchev–Trinajstić information content (AvgIpc) is 2.96. The number of rotatable bonds is 1. The number of ether oxygens (including phenoxy) is 3. The zero-order valence-electron chi connectivity index (χ0n) is 8.82. The molecule has 2 aliphatic heterocycles. The summed E-state index contributed by atoms with van der Waals surface area (Å²) in [6.07, 6.45) is -0.817. The minimum atomic E-state index is -1.60. The van der Waals surface area contributed by atoms with E-state index in [4.69, 9.17) is 49.0 Å². The molecule has 3 rings (SSSR count). The van der Waals surface area contributed by atoms with Crippen LogP contribution in [0.1, 0.15) is 5.56 Å². The smallest absolute Gasteiger partial charge is 0.247 e. The van der Waals surface area contributed by atoms with E-state index in [0.717, 1.165) is 0 Å². The quantitative estimate of drug-likeness (QED) is 0.809. The van der Waals surface area contributed by atoms with E-state index < -0.39 is 10.0 Å². The summed E-state index contributed by atoms with van der Waals surface area (Å²) >= 11 is 17.1. The number of fused-ring (bicyclic) bond motifs is 1. The second-order valence-electron chi connectivity index (χ2n) is 3.65. The van der Waals surface area contributed by atoms with Crippen molar-refractivity contribution in [1.82, 2.24) is 5.43 Å². The molecule has 1 unspecified atom stereocenters. The third-order valence-corrected chi connectivity index (χ3v) is 3.02. The summed E-state index contributed by atoms with van der Waals surface area (Å²) in [4.78, 5) is 0. The van der Waals surface area contributed by atoms with Crippen molar-refractivity contribution < 1.29 is 14.2 Å². The fourth-order valence-electron chi connectivity index (χ4n) is 1.58.